The smallest absolute Gasteiger partial charge is 0.387 e. The number of hydrogen-bond donors (Lipinski definition) is 1. The fraction of sp³-hybridized carbons (Fsp3) is 0.462. The molecule has 0 radical (unpaired) electrons. The third-order valence-corrected chi connectivity index (χ3v) is 3.45. The molecule has 0 bridgehead atoms. The first kappa shape index (κ1) is 14.8. The summed E-state index contributed by atoms with van der Waals surface area (Å²) in [5, 5.41) is 21.1. The van der Waals surface area contributed by atoms with Crippen LogP contribution in [0.3, 0.4) is 0 Å². The van der Waals surface area contributed by atoms with Crippen LogP contribution < -0.4 is 4.74 Å². The van der Waals surface area contributed by atoms with Gasteiger partial charge in [0.05, 0.1) is 18.3 Å². The van der Waals surface area contributed by atoms with E-state index in [0.29, 0.717) is 24.6 Å². The van der Waals surface area contributed by atoms with E-state index in [9.17, 15) is 13.9 Å². The molecule has 7 nitrogen and oxygen atoms in total. The van der Waals surface area contributed by atoms with Crippen LogP contribution in [0.1, 0.15) is 12.2 Å². The van der Waals surface area contributed by atoms with Crippen LogP contribution >= 0.6 is 0 Å². The topological polar surface area (TPSA) is 76.3 Å². The number of β-amino-alcohol motifs (C(OH)–C–C–N with tert-alkyl or cyclic N) is 1. The molecule has 3 rings (SSSR count). The molecule has 2 aromatic rings. The standard InChI is InChI=1S/C13H15F2N5O2/c14-13(15)22-11-3-1-9(2-4-11)20-12(16-17-18-20)8-19-6-5-10(21)7-19/h1-4,10,13,21H,5-8H2/t10-/m0/s1. The number of benzene rings is 1. The molecule has 1 aromatic carbocycles. The molecule has 0 unspecified atom stereocenters. The van der Waals surface area contributed by atoms with Crippen molar-refractivity contribution in [3.8, 4) is 11.4 Å². The lowest BCUT2D eigenvalue weighted by Crippen LogP contribution is -2.23. The summed E-state index contributed by atoms with van der Waals surface area (Å²) < 4.78 is 30.1. The van der Waals surface area contributed by atoms with Crippen LogP contribution in [0.5, 0.6) is 5.75 Å². The lowest BCUT2D eigenvalue weighted by atomic mass is 10.3. The first-order chi connectivity index (χ1) is 10.6. The Labute approximate surface area is 125 Å². The lowest BCUT2D eigenvalue weighted by Gasteiger charge is -2.14. The van der Waals surface area contributed by atoms with E-state index < -0.39 is 6.61 Å². The van der Waals surface area contributed by atoms with Gasteiger partial charge in [-0.3, -0.25) is 4.90 Å². The Morgan fingerprint density at radius 2 is 2.09 bits per heavy atom. The molecule has 1 saturated heterocycles. The van der Waals surface area contributed by atoms with E-state index in [2.05, 4.69) is 25.2 Å². The molecule has 118 valence electrons. The van der Waals surface area contributed by atoms with E-state index in [1.165, 1.54) is 16.8 Å². The number of halogens is 2. The number of aliphatic hydroxyl groups is 1. The second-order valence-electron chi connectivity index (χ2n) is 5.06. The number of alkyl halides is 2. The molecular weight excluding hydrogens is 296 g/mol. The minimum absolute atomic E-state index is 0.0797. The van der Waals surface area contributed by atoms with Gasteiger partial charge in [-0.25, -0.2) is 0 Å². The van der Waals surface area contributed by atoms with E-state index in [-0.39, 0.29) is 11.9 Å². The molecule has 1 aliphatic rings. The van der Waals surface area contributed by atoms with Gasteiger partial charge in [0.15, 0.2) is 5.82 Å². The number of tetrazole rings is 1. The van der Waals surface area contributed by atoms with Gasteiger partial charge in [-0.1, -0.05) is 0 Å². The molecule has 22 heavy (non-hydrogen) atoms. The van der Waals surface area contributed by atoms with E-state index in [1.54, 1.807) is 12.1 Å². The Hall–Kier alpha value is -2.13. The van der Waals surface area contributed by atoms with Gasteiger partial charge in [0.1, 0.15) is 5.75 Å². The van der Waals surface area contributed by atoms with Gasteiger partial charge in [0, 0.05) is 13.1 Å². The predicted molar refractivity (Wildman–Crippen MR) is 71.7 cm³/mol. The summed E-state index contributed by atoms with van der Waals surface area (Å²) in [6.45, 7) is -0.959. The van der Waals surface area contributed by atoms with E-state index in [1.807, 2.05) is 0 Å². The van der Waals surface area contributed by atoms with Crippen molar-refractivity contribution >= 4 is 0 Å². The maximum absolute atomic E-state index is 12.1. The maximum atomic E-state index is 12.1. The van der Waals surface area contributed by atoms with Gasteiger partial charge in [0.25, 0.3) is 0 Å². The molecule has 0 spiro atoms. The Balaban J connectivity index is 1.73. The minimum Gasteiger partial charge on any atom is -0.435 e. The highest BCUT2D eigenvalue weighted by Crippen LogP contribution is 2.18. The summed E-state index contributed by atoms with van der Waals surface area (Å²) in [4.78, 5) is 2.06. The summed E-state index contributed by atoms with van der Waals surface area (Å²) >= 11 is 0. The first-order valence-electron chi connectivity index (χ1n) is 6.85. The van der Waals surface area contributed by atoms with Gasteiger partial charge < -0.3 is 9.84 Å². The highest BCUT2D eigenvalue weighted by Gasteiger charge is 2.22. The summed E-state index contributed by atoms with van der Waals surface area (Å²) in [6, 6.07) is 6.09. The molecule has 1 N–H and O–H groups in total. The average Bonchev–Trinajstić information content (AvgIpc) is 3.09. The van der Waals surface area contributed by atoms with Gasteiger partial charge in [-0.2, -0.15) is 13.5 Å². The summed E-state index contributed by atoms with van der Waals surface area (Å²) in [7, 11) is 0. The normalized spacial score (nSPS) is 19.0. The second kappa shape index (κ2) is 6.32. The van der Waals surface area contributed by atoms with Crippen molar-refractivity contribution in [1.29, 1.82) is 0 Å². The van der Waals surface area contributed by atoms with Crippen molar-refractivity contribution in [2.75, 3.05) is 13.1 Å². The molecule has 0 aliphatic carbocycles. The molecule has 2 heterocycles. The summed E-state index contributed by atoms with van der Waals surface area (Å²) in [5.41, 5.74) is 0.654. The zero-order chi connectivity index (χ0) is 15.5. The van der Waals surface area contributed by atoms with Crippen LogP contribution in [0.2, 0.25) is 0 Å². The molecule has 1 fully saturated rings. The molecule has 9 heteroatoms. The third kappa shape index (κ3) is 3.37. The highest BCUT2D eigenvalue weighted by molar-refractivity contribution is 5.37. The SMILES string of the molecule is O[C@H]1CCN(Cc2nnnn2-c2ccc(OC(F)F)cc2)C1. The van der Waals surface area contributed by atoms with Crippen LogP contribution in [0.4, 0.5) is 8.78 Å². The van der Waals surface area contributed by atoms with Crippen molar-refractivity contribution in [2.24, 2.45) is 0 Å². The van der Waals surface area contributed by atoms with Crippen molar-refractivity contribution in [1.82, 2.24) is 25.1 Å². The molecule has 0 amide bonds. The molecule has 0 saturated carbocycles. The Morgan fingerprint density at radius 3 is 2.73 bits per heavy atom. The van der Waals surface area contributed by atoms with Gasteiger partial charge in [-0.05, 0) is 41.1 Å². The van der Waals surface area contributed by atoms with Crippen LogP contribution in [0.25, 0.3) is 5.69 Å². The van der Waals surface area contributed by atoms with Crippen molar-refractivity contribution in [3.63, 3.8) is 0 Å². The first-order valence-corrected chi connectivity index (χ1v) is 6.85. The van der Waals surface area contributed by atoms with Crippen molar-refractivity contribution in [2.45, 2.75) is 25.7 Å². The molecule has 1 atom stereocenters. The van der Waals surface area contributed by atoms with E-state index in [0.717, 1.165) is 13.0 Å². The average molecular weight is 311 g/mol. The summed E-state index contributed by atoms with van der Waals surface area (Å²) in [6.07, 6.45) is 0.427. The number of ether oxygens (including phenoxy) is 1. The zero-order valence-electron chi connectivity index (χ0n) is 11.6. The predicted octanol–water partition coefficient (Wildman–Crippen LogP) is 0.830. The monoisotopic (exact) mass is 311 g/mol. The van der Waals surface area contributed by atoms with Crippen LogP contribution in [0, 0.1) is 0 Å². The fourth-order valence-electron chi connectivity index (χ4n) is 2.43. The summed E-state index contributed by atoms with van der Waals surface area (Å²) in [5.74, 6) is 0.702. The van der Waals surface area contributed by atoms with Crippen molar-refractivity contribution < 1.29 is 18.6 Å². The van der Waals surface area contributed by atoms with Crippen LogP contribution in [-0.4, -0.2) is 56.0 Å². The number of rotatable bonds is 5. The third-order valence-electron chi connectivity index (χ3n) is 3.45. The van der Waals surface area contributed by atoms with Gasteiger partial charge >= 0.3 is 6.61 Å². The second-order valence-corrected chi connectivity index (χ2v) is 5.06. The minimum atomic E-state index is -2.85. The molecule has 1 aliphatic heterocycles. The van der Waals surface area contributed by atoms with Gasteiger partial charge in [-0.15, -0.1) is 5.10 Å². The zero-order valence-corrected chi connectivity index (χ0v) is 11.6. The van der Waals surface area contributed by atoms with Crippen LogP contribution in [-0.2, 0) is 6.54 Å². The van der Waals surface area contributed by atoms with Crippen LogP contribution in [0.15, 0.2) is 24.3 Å². The Morgan fingerprint density at radius 1 is 1.32 bits per heavy atom. The van der Waals surface area contributed by atoms with Crippen molar-refractivity contribution in [3.05, 3.63) is 30.1 Å². The van der Waals surface area contributed by atoms with Gasteiger partial charge in [0.2, 0.25) is 0 Å². The highest BCUT2D eigenvalue weighted by atomic mass is 19.3. The number of aliphatic hydroxyl groups excluding tert-OH is 1. The number of likely N-dealkylation sites (tertiary alicyclic amines) is 1. The van der Waals surface area contributed by atoms with E-state index in [4.69, 9.17) is 0 Å². The fourth-order valence-corrected chi connectivity index (χ4v) is 2.43. The van der Waals surface area contributed by atoms with E-state index >= 15 is 0 Å². The largest absolute Gasteiger partial charge is 0.435 e. The maximum Gasteiger partial charge on any atom is 0.387 e. The molecular formula is C13H15F2N5O2. The Bertz CT molecular complexity index is 619. The molecule has 1 aromatic heterocycles. The lowest BCUT2D eigenvalue weighted by molar-refractivity contribution is -0.0498. The Kier molecular flexibility index (Phi) is 4.25. The number of hydrogen-bond acceptors (Lipinski definition) is 6. The number of aromatic nitrogens is 4. The number of nitrogens with zero attached hydrogens (tertiary/aromatic N) is 5. The quantitative estimate of drug-likeness (QED) is 0.881.